The van der Waals surface area contributed by atoms with Crippen molar-refractivity contribution in [3.8, 4) is 11.5 Å². The van der Waals surface area contributed by atoms with Gasteiger partial charge in [-0.1, -0.05) is 24.3 Å². The van der Waals surface area contributed by atoms with Gasteiger partial charge < -0.3 is 19.8 Å². The van der Waals surface area contributed by atoms with E-state index in [9.17, 15) is 9.59 Å². The number of aromatic nitrogens is 1. The minimum Gasteiger partial charge on any atom is -0.493 e. The average Bonchev–Trinajstić information content (AvgIpc) is 3.32. The van der Waals surface area contributed by atoms with Crippen molar-refractivity contribution in [2.24, 2.45) is 5.10 Å². The third-order valence-corrected chi connectivity index (χ3v) is 4.24. The van der Waals surface area contributed by atoms with Crippen LogP contribution in [0.3, 0.4) is 0 Å². The van der Waals surface area contributed by atoms with Crippen molar-refractivity contribution in [3.05, 3.63) is 89.4 Å². The molecule has 3 rings (SSSR count). The van der Waals surface area contributed by atoms with Crippen LogP contribution in [0.2, 0.25) is 0 Å². The molecule has 8 heteroatoms. The highest BCUT2D eigenvalue weighted by atomic mass is 16.5. The zero-order valence-corrected chi connectivity index (χ0v) is 17.1. The summed E-state index contributed by atoms with van der Waals surface area (Å²) in [6.45, 7) is 0. The molecule has 0 saturated carbocycles. The monoisotopic (exact) mass is 418 g/mol. The van der Waals surface area contributed by atoms with Gasteiger partial charge in [0.1, 0.15) is 5.70 Å². The molecule has 0 aliphatic carbocycles. The molecule has 31 heavy (non-hydrogen) atoms. The molecule has 0 spiro atoms. The number of nitrogens with zero attached hydrogens (tertiary/aromatic N) is 1. The van der Waals surface area contributed by atoms with Gasteiger partial charge in [0.05, 0.1) is 26.1 Å². The first-order chi connectivity index (χ1) is 15.1. The number of carbonyl (C=O) groups is 2. The van der Waals surface area contributed by atoms with Gasteiger partial charge in [0.2, 0.25) is 0 Å². The fraction of sp³-hybridized carbons (Fsp3) is 0.0870. The van der Waals surface area contributed by atoms with E-state index in [1.807, 2.05) is 6.07 Å². The third kappa shape index (κ3) is 5.83. The van der Waals surface area contributed by atoms with Crippen LogP contribution in [-0.4, -0.2) is 37.2 Å². The van der Waals surface area contributed by atoms with Gasteiger partial charge in [-0.2, -0.15) is 5.10 Å². The van der Waals surface area contributed by atoms with E-state index in [1.165, 1.54) is 26.5 Å². The minimum atomic E-state index is -0.582. The summed E-state index contributed by atoms with van der Waals surface area (Å²) in [4.78, 5) is 28.3. The molecule has 8 nitrogen and oxygen atoms in total. The first-order valence-electron chi connectivity index (χ1n) is 9.37. The lowest BCUT2D eigenvalue weighted by Gasteiger charge is -2.11. The van der Waals surface area contributed by atoms with E-state index in [0.29, 0.717) is 22.6 Å². The molecule has 1 aromatic heterocycles. The molecule has 0 unspecified atom stereocenters. The summed E-state index contributed by atoms with van der Waals surface area (Å²) in [7, 11) is 3.06. The number of nitrogens with one attached hydrogen (secondary N) is 3. The largest absolute Gasteiger partial charge is 0.493 e. The molecule has 0 fully saturated rings. The molecular formula is C23H22N4O4. The third-order valence-electron chi connectivity index (χ3n) is 4.24. The first kappa shape index (κ1) is 21.4. The number of amides is 2. The zero-order valence-electron chi connectivity index (χ0n) is 17.1. The number of methoxy groups -OCH3 is 2. The number of hydrogen-bond donors (Lipinski definition) is 3. The molecule has 3 aromatic rings. The molecule has 0 aliphatic rings. The number of carbonyl (C=O) groups excluding carboxylic acids is 2. The standard InChI is InChI=1S/C23H22N4O4/c1-30-20-11-10-16(14-21(20)31-2)13-19(26-22(28)17-7-4-3-5-8-17)23(29)27-25-15-18-9-6-12-24-18/h3-15,24H,1-2H3,(H,26,28)(H,27,29)/b19-13+,25-15-. The van der Waals surface area contributed by atoms with E-state index in [1.54, 1.807) is 60.8 Å². The lowest BCUT2D eigenvalue weighted by Crippen LogP contribution is -2.32. The van der Waals surface area contributed by atoms with E-state index >= 15 is 0 Å². The van der Waals surface area contributed by atoms with Crippen LogP contribution >= 0.6 is 0 Å². The second-order valence-corrected chi connectivity index (χ2v) is 6.32. The van der Waals surface area contributed by atoms with Gasteiger partial charge in [-0.3, -0.25) is 9.59 Å². The summed E-state index contributed by atoms with van der Waals surface area (Å²) in [5, 5.41) is 6.57. The first-order valence-corrected chi connectivity index (χ1v) is 9.37. The Labute approximate surface area is 179 Å². The normalized spacial score (nSPS) is 11.2. The van der Waals surface area contributed by atoms with Crippen LogP contribution in [0.15, 0.2) is 77.7 Å². The van der Waals surface area contributed by atoms with Gasteiger partial charge >= 0.3 is 0 Å². The molecule has 2 amide bonds. The Morgan fingerprint density at radius 2 is 1.74 bits per heavy atom. The number of aromatic amines is 1. The molecular weight excluding hydrogens is 396 g/mol. The molecule has 3 N–H and O–H groups in total. The Kier molecular flexibility index (Phi) is 7.21. The number of hydrazone groups is 1. The van der Waals surface area contributed by atoms with Crippen molar-refractivity contribution in [3.63, 3.8) is 0 Å². The van der Waals surface area contributed by atoms with Crippen LogP contribution < -0.4 is 20.2 Å². The number of hydrogen-bond acceptors (Lipinski definition) is 5. The summed E-state index contributed by atoms with van der Waals surface area (Å²) < 4.78 is 10.5. The van der Waals surface area contributed by atoms with Gasteiger partial charge in [-0.05, 0) is 48.0 Å². The highest BCUT2D eigenvalue weighted by molar-refractivity contribution is 6.05. The van der Waals surface area contributed by atoms with Gasteiger partial charge in [0, 0.05) is 11.8 Å². The van der Waals surface area contributed by atoms with Gasteiger partial charge in [0.15, 0.2) is 11.5 Å². The van der Waals surface area contributed by atoms with Crippen molar-refractivity contribution >= 4 is 24.1 Å². The molecule has 0 atom stereocenters. The highest BCUT2D eigenvalue weighted by Gasteiger charge is 2.15. The number of rotatable bonds is 8. The van der Waals surface area contributed by atoms with Crippen LogP contribution in [0.4, 0.5) is 0 Å². The molecule has 0 aliphatic heterocycles. The smallest absolute Gasteiger partial charge is 0.287 e. The van der Waals surface area contributed by atoms with E-state index in [-0.39, 0.29) is 5.70 Å². The van der Waals surface area contributed by atoms with Crippen molar-refractivity contribution in [2.45, 2.75) is 0 Å². The lowest BCUT2D eigenvalue weighted by atomic mass is 10.1. The summed E-state index contributed by atoms with van der Waals surface area (Å²) in [6.07, 6.45) is 4.74. The second kappa shape index (κ2) is 10.4. The maximum Gasteiger partial charge on any atom is 0.287 e. The molecule has 158 valence electrons. The van der Waals surface area contributed by atoms with E-state index in [4.69, 9.17) is 9.47 Å². The predicted octanol–water partition coefficient (Wildman–Crippen LogP) is 2.95. The maximum atomic E-state index is 12.7. The number of H-pyrrole nitrogens is 1. The van der Waals surface area contributed by atoms with Gasteiger partial charge in [-0.25, -0.2) is 5.43 Å². The molecule has 0 saturated heterocycles. The van der Waals surface area contributed by atoms with E-state index < -0.39 is 11.8 Å². The molecule has 0 bridgehead atoms. The Morgan fingerprint density at radius 3 is 2.42 bits per heavy atom. The van der Waals surface area contributed by atoms with Crippen molar-refractivity contribution in [1.82, 2.24) is 15.7 Å². The fourth-order valence-corrected chi connectivity index (χ4v) is 2.70. The fourth-order valence-electron chi connectivity index (χ4n) is 2.70. The van der Waals surface area contributed by atoms with Crippen LogP contribution in [-0.2, 0) is 4.79 Å². The van der Waals surface area contributed by atoms with Crippen molar-refractivity contribution in [2.75, 3.05) is 14.2 Å². The zero-order chi connectivity index (χ0) is 22.1. The SMILES string of the molecule is COc1ccc(/C=C(/NC(=O)c2ccccc2)C(=O)N/N=C\c2ccc[nH]2)cc1OC. The average molecular weight is 418 g/mol. The molecule has 0 radical (unpaired) electrons. The van der Waals surface area contributed by atoms with Gasteiger partial charge in [-0.15, -0.1) is 0 Å². The predicted molar refractivity (Wildman–Crippen MR) is 118 cm³/mol. The summed E-state index contributed by atoms with van der Waals surface area (Å²) in [5.41, 5.74) is 4.21. The minimum absolute atomic E-state index is 0.0182. The summed E-state index contributed by atoms with van der Waals surface area (Å²) in [5.74, 6) is 0.0439. The topological polar surface area (TPSA) is 105 Å². The summed E-state index contributed by atoms with van der Waals surface area (Å²) in [6, 6.07) is 17.4. The Morgan fingerprint density at radius 1 is 0.968 bits per heavy atom. The van der Waals surface area contributed by atoms with Crippen LogP contribution in [0.5, 0.6) is 11.5 Å². The lowest BCUT2D eigenvalue weighted by molar-refractivity contribution is -0.117. The quantitative estimate of drug-likeness (QED) is 0.297. The summed E-state index contributed by atoms with van der Waals surface area (Å²) >= 11 is 0. The van der Waals surface area contributed by atoms with Crippen LogP contribution in [0.1, 0.15) is 21.6 Å². The van der Waals surface area contributed by atoms with Crippen molar-refractivity contribution in [1.29, 1.82) is 0 Å². The molecule has 2 aromatic carbocycles. The van der Waals surface area contributed by atoms with Crippen LogP contribution in [0.25, 0.3) is 6.08 Å². The Bertz CT molecular complexity index is 1090. The van der Waals surface area contributed by atoms with E-state index in [0.717, 1.165) is 5.69 Å². The molecule has 1 heterocycles. The maximum absolute atomic E-state index is 12.7. The number of benzene rings is 2. The van der Waals surface area contributed by atoms with Crippen molar-refractivity contribution < 1.29 is 19.1 Å². The van der Waals surface area contributed by atoms with Crippen LogP contribution in [0, 0.1) is 0 Å². The second-order valence-electron chi connectivity index (χ2n) is 6.32. The number of ether oxygens (including phenoxy) is 2. The van der Waals surface area contributed by atoms with E-state index in [2.05, 4.69) is 20.8 Å². The highest BCUT2D eigenvalue weighted by Crippen LogP contribution is 2.28. The van der Waals surface area contributed by atoms with Gasteiger partial charge in [0.25, 0.3) is 11.8 Å². The Balaban J connectivity index is 1.86. The Hall–Kier alpha value is -4.33.